The quantitative estimate of drug-likeness (QED) is 0.325. The molecule has 3 aromatic carbocycles. The summed E-state index contributed by atoms with van der Waals surface area (Å²) in [4.78, 5) is 43.8. The molecule has 4 amide bonds. The molecule has 2 aliphatic rings. The lowest BCUT2D eigenvalue weighted by atomic mass is 9.95. The molecule has 4 aromatic rings. The molecule has 0 saturated heterocycles. The van der Waals surface area contributed by atoms with E-state index < -0.39 is 12.1 Å². The highest BCUT2D eigenvalue weighted by Crippen LogP contribution is 2.40. The number of hydrogen-bond acceptors (Lipinski definition) is 5. The third kappa shape index (κ3) is 5.17. The largest absolute Gasteiger partial charge is 0.467 e. The minimum absolute atomic E-state index is 0.0997. The smallest absolute Gasteiger partial charge is 0.322 e. The highest BCUT2D eigenvalue weighted by Gasteiger charge is 2.46. The van der Waals surface area contributed by atoms with Crippen LogP contribution in [0.5, 0.6) is 11.5 Å². The molecule has 0 saturated carbocycles. The van der Waals surface area contributed by atoms with Crippen LogP contribution in [0.4, 0.5) is 4.79 Å². The van der Waals surface area contributed by atoms with Gasteiger partial charge < -0.3 is 24.7 Å². The van der Waals surface area contributed by atoms with Crippen LogP contribution >= 0.6 is 0 Å². The lowest BCUT2D eigenvalue weighted by molar-refractivity contribution is -0.136. The average Bonchev–Trinajstić information content (AvgIpc) is 3.64. The second-order valence-electron chi connectivity index (χ2n) is 9.83. The van der Waals surface area contributed by atoms with Crippen LogP contribution in [-0.4, -0.2) is 41.2 Å². The van der Waals surface area contributed by atoms with Gasteiger partial charge in [0.1, 0.15) is 23.3 Å². The molecule has 41 heavy (non-hydrogen) atoms. The number of ether oxygens (including phenoxy) is 1. The number of benzene rings is 3. The van der Waals surface area contributed by atoms with Crippen LogP contribution in [0.2, 0.25) is 0 Å². The number of likely N-dealkylation sites (N-methyl/N-ethyl adjacent to an activating group) is 1. The van der Waals surface area contributed by atoms with Crippen molar-refractivity contribution in [1.82, 2.24) is 20.4 Å². The Morgan fingerprint density at radius 3 is 2.44 bits per heavy atom. The van der Waals surface area contributed by atoms with Crippen molar-refractivity contribution in [2.75, 3.05) is 13.6 Å². The summed E-state index contributed by atoms with van der Waals surface area (Å²) in [6, 6.07) is 27.4. The molecule has 9 nitrogen and oxygen atoms in total. The summed E-state index contributed by atoms with van der Waals surface area (Å²) in [5.41, 5.74) is 2.33. The van der Waals surface area contributed by atoms with Crippen molar-refractivity contribution < 1.29 is 23.5 Å². The van der Waals surface area contributed by atoms with Gasteiger partial charge >= 0.3 is 6.03 Å². The maximum absolute atomic E-state index is 14.2. The Hall–Kier alpha value is -5.31. The minimum Gasteiger partial charge on any atom is -0.467 e. The van der Waals surface area contributed by atoms with E-state index in [1.807, 2.05) is 84.9 Å². The molecule has 2 aliphatic heterocycles. The van der Waals surface area contributed by atoms with Crippen LogP contribution in [0.3, 0.4) is 0 Å². The Morgan fingerprint density at radius 1 is 0.976 bits per heavy atom. The number of furan rings is 1. The van der Waals surface area contributed by atoms with Gasteiger partial charge in [0.25, 0.3) is 5.91 Å². The Bertz CT molecular complexity index is 1600. The van der Waals surface area contributed by atoms with E-state index in [-0.39, 0.29) is 30.9 Å². The van der Waals surface area contributed by atoms with Gasteiger partial charge in [-0.15, -0.1) is 0 Å². The molecule has 0 spiro atoms. The maximum atomic E-state index is 14.2. The number of carbonyl (C=O) groups is 3. The van der Waals surface area contributed by atoms with Crippen molar-refractivity contribution >= 4 is 17.8 Å². The zero-order chi connectivity index (χ0) is 28.3. The number of hydrogen-bond donors (Lipinski definition) is 2. The summed E-state index contributed by atoms with van der Waals surface area (Å²) in [5, 5.41) is 5.86. The minimum atomic E-state index is -0.916. The van der Waals surface area contributed by atoms with E-state index in [2.05, 4.69) is 10.6 Å². The summed E-state index contributed by atoms with van der Waals surface area (Å²) < 4.78 is 11.4. The third-order valence-corrected chi connectivity index (χ3v) is 7.25. The van der Waals surface area contributed by atoms with Crippen molar-refractivity contribution in [2.24, 2.45) is 0 Å². The van der Waals surface area contributed by atoms with Crippen molar-refractivity contribution in [1.29, 1.82) is 0 Å². The van der Waals surface area contributed by atoms with Gasteiger partial charge in [-0.05, 0) is 47.5 Å². The molecule has 0 aliphatic carbocycles. The van der Waals surface area contributed by atoms with Crippen LogP contribution in [0.25, 0.3) is 0 Å². The van der Waals surface area contributed by atoms with Crippen LogP contribution in [-0.2, 0) is 16.1 Å². The van der Waals surface area contributed by atoms with Crippen molar-refractivity contribution in [2.45, 2.75) is 18.6 Å². The summed E-state index contributed by atoms with van der Waals surface area (Å²) in [5.74, 6) is 1.17. The SMILES string of the molecule is CN1C(=O)NC(c2cccc(Oc3ccccc3)c2)C2=C1CN(C(C(=O)NCc1ccco1)c1ccccc1)C2=O. The van der Waals surface area contributed by atoms with E-state index in [4.69, 9.17) is 9.15 Å². The van der Waals surface area contributed by atoms with Crippen LogP contribution in [0.1, 0.15) is 29.0 Å². The number of amides is 4. The predicted molar refractivity (Wildman–Crippen MR) is 150 cm³/mol. The Morgan fingerprint density at radius 2 is 1.71 bits per heavy atom. The van der Waals surface area contributed by atoms with Crippen molar-refractivity contribution in [3.05, 3.63) is 131 Å². The molecule has 0 fully saturated rings. The van der Waals surface area contributed by atoms with Gasteiger partial charge in [-0.3, -0.25) is 14.5 Å². The topological polar surface area (TPSA) is 104 Å². The molecule has 3 heterocycles. The van der Waals surface area contributed by atoms with Gasteiger partial charge in [0.2, 0.25) is 5.91 Å². The maximum Gasteiger partial charge on any atom is 0.322 e. The van der Waals surface area contributed by atoms with Crippen LogP contribution < -0.4 is 15.4 Å². The van der Waals surface area contributed by atoms with E-state index in [0.717, 1.165) is 0 Å². The molecule has 1 aromatic heterocycles. The number of para-hydroxylation sites is 1. The van der Waals surface area contributed by atoms with Crippen molar-refractivity contribution in [3.8, 4) is 11.5 Å². The van der Waals surface area contributed by atoms with Gasteiger partial charge in [-0.2, -0.15) is 0 Å². The fourth-order valence-electron chi connectivity index (χ4n) is 5.22. The number of urea groups is 1. The lowest BCUT2D eigenvalue weighted by Gasteiger charge is -2.31. The standard InChI is InChI=1S/C32H28N4O5/c1-35-26-20-36(29(21-10-4-2-5-11-21)30(37)33-19-25-16-9-17-40-25)31(38)27(26)28(34-32(35)39)22-12-8-15-24(18-22)41-23-13-6-3-7-14-23/h2-18,28-29H,19-20H2,1H3,(H,33,37)(H,34,39). The molecular formula is C32H28N4O5. The fourth-order valence-corrected chi connectivity index (χ4v) is 5.22. The lowest BCUT2D eigenvalue weighted by Crippen LogP contribution is -2.45. The summed E-state index contributed by atoms with van der Waals surface area (Å²) in [6.07, 6.45) is 1.54. The van der Waals surface area contributed by atoms with E-state index in [1.54, 1.807) is 19.2 Å². The number of nitrogens with zero attached hydrogens (tertiary/aromatic N) is 2. The molecule has 206 valence electrons. The second-order valence-corrected chi connectivity index (χ2v) is 9.83. The van der Waals surface area contributed by atoms with E-state index in [0.29, 0.717) is 39.7 Å². The average molecular weight is 549 g/mol. The summed E-state index contributed by atoms with van der Waals surface area (Å²) >= 11 is 0. The van der Waals surface area contributed by atoms with Gasteiger partial charge in [0.05, 0.1) is 36.7 Å². The van der Waals surface area contributed by atoms with Gasteiger partial charge in [-0.1, -0.05) is 60.7 Å². The van der Waals surface area contributed by atoms with Crippen LogP contribution in [0, 0.1) is 0 Å². The van der Waals surface area contributed by atoms with Gasteiger partial charge in [0.15, 0.2) is 0 Å². The molecule has 0 bridgehead atoms. The first-order valence-corrected chi connectivity index (χ1v) is 13.3. The normalized spacial score (nSPS) is 17.2. The second kappa shape index (κ2) is 11.1. The van der Waals surface area contributed by atoms with Crippen molar-refractivity contribution in [3.63, 3.8) is 0 Å². The van der Waals surface area contributed by atoms with Gasteiger partial charge in [0, 0.05) is 7.05 Å². The Labute approximate surface area is 237 Å². The Balaban J connectivity index is 1.32. The summed E-state index contributed by atoms with van der Waals surface area (Å²) in [7, 11) is 1.63. The third-order valence-electron chi connectivity index (χ3n) is 7.25. The molecule has 2 unspecified atom stereocenters. The van der Waals surface area contributed by atoms with Gasteiger partial charge in [-0.25, -0.2) is 4.79 Å². The first kappa shape index (κ1) is 25.9. The molecule has 0 radical (unpaired) electrons. The number of nitrogens with one attached hydrogen (secondary N) is 2. The molecular weight excluding hydrogens is 520 g/mol. The fraction of sp³-hybridized carbons (Fsp3) is 0.156. The Kier molecular flexibility index (Phi) is 6.99. The van der Waals surface area contributed by atoms with E-state index in [9.17, 15) is 14.4 Å². The zero-order valence-electron chi connectivity index (χ0n) is 22.3. The zero-order valence-corrected chi connectivity index (χ0v) is 22.3. The number of carbonyl (C=O) groups excluding carboxylic acids is 3. The molecule has 2 atom stereocenters. The molecule has 2 N–H and O–H groups in total. The first-order chi connectivity index (χ1) is 20.0. The molecule has 9 heteroatoms. The predicted octanol–water partition coefficient (Wildman–Crippen LogP) is 4.92. The molecule has 6 rings (SSSR count). The highest BCUT2D eigenvalue weighted by atomic mass is 16.5. The monoisotopic (exact) mass is 548 g/mol. The number of rotatable bonds is 8. The summed E-state index contributed by atoms with van der Waals surface area (Å²) in [6.45, 7) is 0.281. The van der Waals surface area contributed by atoms with E-state index in [1.165, 1.54) is 16.1 Å². The first-order valence-electron chi connectivity index (χ1n) is 13.3. The highest BCUT2D eigenvalue weighted by molar-refractivity contribution is 6.03. The van der Waals surface area contributed by atoms with E-state index >= 15 is 0 Å². The van der Waals surface area contributed by atoms with Crippen LogP contribution in [0.15, 0.2) is 119 Å².